The Balaban J connectivity index is 1.98. The van der Waals surface area contributed by atoms with Gasteiger partial charge in [0.25, 0.3) is 5.91 Å². The van der Waals surface area contributed by atoms with Crippen molar-refractivity contribution >= 4 is 27.3 Å². The number of hydrogen-bond donors (Lipinski definition) is 2. The number of hydrogen-bond acceptors (Lipinski definition) is 7. The molecule has 0 radical (unpaired) electrons. The van der Waals surface area contributed by atoms with Crippen LogP contribution in [0, 0.1) is 6.92 Å². The van der Waals surface area contributed by atoms with Gasteiger partial charge in [0.1, 0.15) is 0 Å². The molecule has 0 aliphatic carbocycles. The molecule has 0 unspecified atom stereocenters. The van der Waals surface area contributed by atoms with Gasteiger partial charge < -0.3 is 5.73 Å². The summed E-state index contributed by atoms with van der Waals surface area (Å²) in [5, 5.41) is 8.56. The first-order valence-electron chi connectivity index (χ1n) is 6.00. The van der Waals surface area contributed by atoms with Gasteiger partial charge in [-0.05, 0) is 19.1 Å². The van der Waals surface area contributed by atoms with Gasteiger partial charge in [0.2, 0.25) is 10.1 Å². The Kier molecular flexibility index (Phi) is 3.32. The highest BCUT2D eigenvalue weighted by Crippen LogP contribution is 2.11. The van der Waals surface area contributed by atoms with Gasteiger partial charge in [-0.25, -0.2) is 10.4 Å². The average Bonchev–Trinajstić information content (AvgIpc) is 2.85. The van der Waals surface area contributed by atoms with Gasteiger partial charge in [0, 0.05) is 29.7 Å². The maximum absolute atomic E-state index is 11.9. The van der Waals surface area contributed by atoms with Crippen LogP contribution >= 0.6 is 11.3 Å². The Morgan fingerprint density at radius 3 is 2.95 bits per heavy atom. The van der Waals surface area contributed by atoms with Crippen LogP contribution < -0.4 is 16.6 Å². The highest BCUT2D eigenvalue weighted by molar-refractivity contribution is 7.20. The van der Waals surface area contributed by atoms with E-state index in [1.165, 1.54) is 15.9 Å². The number of aryl methyl sites for hydroxylation is 1. The zero-order chi connectivity index (χ0) is 14.8. The molecular weight excluding hydrogens is 290 g/mol. The van der Waals surface area contributed by atoms with E-state index in [1.54, 1.807) is 30.6 Å². The molecule has 3 aromatic heterocycles. The van der Waals surface area contributed by atoms with Crippen molar-refractivity contribution in [3.63, 3.8) is 0 Å². The molecule has 8 nitrogen and oxygen atoms in total. The molecule has 0 saturated heterocycles. The summed E-state index contributed by atoms with van der Waals surface area (Å²) in [6, 6.07) is 4.91. The number of amides is 1. The van der Waals surface area contributed by atoms with Gasteiger partial charge in [-0.15, -0.1) is 5.10 Å². The van der Waals surface area contributed by atoms with E-state index in [0.717, 1.165) is 5.69 Å². The lowest BCUT2D eigenvalue weighted by molar-refractivity contribution is 0.0952. The fraction of sp³-hybridized carbons (Fsp3) is 0.0833. The summed E-state index contributed by atoms with van der Waals surface area (Å²) >= 11 is 1.25. The first kappa shape index (κ1) is 13.2. The second-order valence-electron chi connectivity index (χ2n) is 4.18. The molecule has 3 N–H and O–H groups in total. The van der Waals surface area contributed by atoms with Crippen molar-refractivity contribution in [3.05, 3.63) is 47.3 Å². The van der Waals surface area contributed by atoms with E-state index in [4.69, 9.17) is 5.73 Å². The standard InChI is InChI=1S/C12H11N7OS/c1-7-6-9(19-12(15-7)21-11(13)18-19)16-17-10(20)8-2-4-14-5-3-8/h2-6H,1H3,(H2,13,18)(H,17,20)/b16-9-. The number of pyridine rings is 1. The van der Waals surface area contributed by atoms with Crippen molar-refractivity contribution in [1.82, 2.24) is 25.0 Å². The Hall–Kier alpha value is -2.81. The normalized spacial score (nSPS) is 11.8. The van der Waals surface area contributed by atoms with Crippen molar-refractivity contribution in [2.75, 3.05) is 5.73 Å². The molecule has 1 amide bonds. The maximum atomic E-state index is 11.9. The molecule has 21 heavy (non-hydrogen) atoms. The molecule has 3 aromatic rings. The molecule has 0 aromatic carbocycles. The summed E-state index contributed by atoms with van der Waals surface area (Å²) in [6.45, 7) is 1.83. The molecule has 3 rings (SSSR count). The van der Waals surface area contributed by atoms with Crippen molar-refractivity contribution < 1.29 is 4.79 Å². The number of carbonyl (C=O) groups is 1. The molecule has 106 valence electrons. The number of rotatable bonds is 2. The van der Waals surface area contributed by atoms with Gasteiger partial charge in [-0.3, -0.25) is 9.78 Å². The summed E-state index contributed by atoms with van der Waals surface area (Å²) in [4.78, 5) is 20.7. The minimum Gasteiger partial charge on any atom is -0.374 e. The fourth-order valence-corrected chi connectivity index (χ4v) is 2.42. The molecule has 0 aliphatic heterocycles. The predicted molar refractivity (Wildman–Crippen MR) is 77.3 cm³/mol. The van der Waals surface area contributed by atoms with E-state index < -0.39 is 0 Å². The lowest BCUT2D eigenvalue weighted by atomic mass is 10.3. The quantitative estimate of drug-likeness (QED) is 0.662. The van der Waals surface area contributed by atoms with E-state index in [9.17, 15) is 4.79 Å². The number of fused-ring (bicyclic) bond motifs is 1. The first-order valence-corrected chi connectivity index (χ1v) is 6.82. The monoisotopic (exact) mass is 301 g/mol. The van der Waals surface area contributed by atoms with Crippen molar-refractivity contribution in [2.24, 2.45) is 5.10 Å². The number of nitrogens with two attached hydrogens (primary N) is 1. The lowest BCUT2D eigenvalue weighted by Crippen LogP contribution is -2.25. The molecule has 9 heteroatoms. The van der Waals surface area contributed by atoms with Gasteiger partial charge in [0.15, 0.2) is 5.49 Å². The van der Waals surface area contributed by atoms with Crippen LogP contribution in [0.15, 0.2) is 35.7 Å². The molecule has 3 heterocycles. The summed E-state index contributed by atoms with van der Waals surface area (Å²) in [7, 11) is 0. The summed E-state index contributed by atoms with van der Waals surface area (Å²) in [6.07, 6.45) is 3.08. The van der Waals surface area contributed by atoms with Crippen LogP contribution in [-0.2, 0) is 0 Å². The molecule has 0 atom stereocenters. The molecule has 0 spiro atoms. The number of nitrogens with one attached hydrogen (secondary N) is 1. The van der Waals surface area contributed by atoms with Crippen LogP contribution in [0.4, 0.5) is 5.13 Å². The third-order valence-corrected chi connectivity index (χ3v) is 3.35. The Morgan fingerprint density at radius 1 is 1.43 bits per heavy atom. The van der Waals surface area contributed by atoms with Crippen molar-refractivity contribution in [1.29, 1.82) is 0 Å². The van der Waals surface area contributed by atoms with Crippen LogP contribution in [0.2, 0.25) is 0 Å². The van der Waals surface area contributed by atoms with Gasteiger partial charge >= 0.3 is 0 Å². The minimum absolute atomic E-state index is 0.330. The number of carbonyl (C=O) groups excluding carboxylic acids is 1. The van der Waals surface area contributed by atoms with E-state index >= 15 is 0 Å². The van der Waals surface area contributed by atoms with Gasteiger partial charge in [-0.2, -0.15) is 9.62 Å². The molecule has 0 fully saturated rings. The Morgan fingerprint density at radius 2 is 2.19 bits per heavy atom. The summed E-state index contributed by atoms with van der Waals surface area (Å²) in [5.41, 5.74) is 9.83. The van der Waals surface area contributed by atoms with Crippen LogP contribution in [0.25, 0.3) is 4.96 Å². The Labute approximate surface area is 123 Å². The second kappa shape index (κ2) is 5.29. The SMILES string of the molecule is Cc1c/c(=N/NC(=O)c2ccncc2)n2nc(N)sc2n1. The van der Waals surface area contributed by atoms with Crippen molar-refractivity contribution in [3.8, 4) is 0 Å². The number of nitrogen functional groups attached to an aromatic ring is 1. The highest BCUT2D eigenvalue weighted by atomic mass is 32.1. The molecule has 0 saturated carbocycles. The summed E-state index contributed by atoms with van der Waals surface area (Å²) in [5.74, 6) is -0.330. The zero-order valence-electron chi connectivity index (χ0n) is 11.0. The topological polar surface area (TPSA) is 111 Å². The highest BCUT2D eigenvalue weighted by Gasteiger charge is 2.06. The number of nitrogens with zero attached hydrogens (tertiary/aromatic N) is 5. The van der Waals surface area contributed by atoms with E-state index in [-0.39, 0.29) is 5.91 Å². The molecular formula is C12H11N7OS. The van der Waals surface area contributed by atoms with E-state index in [0.29, 0.717) is 21.1 Å². The lowest BCUT2D eigenvalue weighted by Gasteiger charge is -1.99. The van der Waals surface area contributed by atoms with Crippen LogP contribution in [0.3, 0.4) is 0 Å². The largest absolute Gasteiger partial charge is 0.374 e. The zero-order valence-corrected chi connectivity index (χ0v) is 11.8. The Bertz CT molecular complexity index is 868. The maximum Gasteiger partial charge on any atom is 0.271 e. The third kappa shape index (κ3) is 2.72. The van der Waals surface area contributed by atoms with E-state index in [2.05, 4.69) is 25.6 Å². The fourth-order valence-electron chi connectivity index (χ4n) is 1.70. The number of aromatic nitrogens is 4. The molecule has 0 aliphatic rings. The first-order chi connectivity index (χ1) is 10.1. The van der Waals surface area contributed by atoms with E-state index in [1.807, 2.05) is 6.92 Å². The van der Waals surface area contributed by atoms with Gasteiger partial charge in [0.05, 0.1) is 0 Å². The average molecular weight is 301 g/mol. The smallest absolute Gasteiger partial charge is 0.271 e. The third-order valence-electron chi connectivity index (χ3n) is 2.62. The van der Waals surface area contributed by atoms with Crippen LogP contribution in [-0.4, -0.2) is 25.5 Å². The minimum atomic E-state index is -0.330. The van der Waals surface area contributed by atoms with Gasteiger partial charge in [-0.1, -0.05) is 11.3 Å². The van der Waals surface area contributed by atoms with Crippen molar-refractivity contribution in [2.45, 2.75) is 6.92 Å². The predicted octanol–water partition coefficient (Wildman–Crippen LogP) is 0.322. The van der Waals surface area contributed by atoms with Crippen LogP contribution in [0.1, 0.15) is 16.1 Å². The van der Waals surface area contributed by atoms with Crippen LogP contribution in [0.5, 0.6) is 0 Å². The summed E-state index contributed by atoms with van der Waals surface area (Å²) < 4.78 is 1.49. The second-order valence-corrected chi connectivity index (χ2v) is 5.17. The number of anilines is 1. The molecule has 0 bridgehead atoms.